The van der Waals surface area contributed by atoms with E-state index in [1.54, 1.807) is 18.2 Å². The first-order valence-electron chi connectivity index (χ1n) is 8.91. The van der Waals surface area contributed by atoms with Gasteiger partial charge in [-0.15, -0.1) is 11.3 Å². The van der Waals surface area contributed by atoms with Crippen LogP contribution in [0, 0.1) is 11.3 Å². The van der Waals surface area contributed by atoms with E-state index in [9.17, 15) is 15.2 Å². The lowest BCUT2D eigenvalue weighted by molar-refractivity contribution is 0.100. The Kier molecular flexibility index (Phi) is 5.01. The highest BCUT2D eigenvalue weighted by molar-refractivity contribution is 7.21. The zero-order valence-electron chi connectivity index (χ0n) is 15.5. The predicted molar refractivity (Wildman–Crippen MR) is 113 cm³/mol. The van der Waals surface area contributed by atoms with E-state index in [4.69, 9.17) is 21.0 Å². The number of carbonyl (C=O) groups excluding carboxylic acids is 1. The van der Waals surface area contributed by atoms with Gasteiger partial charge < -0.3 is 31.4 Å². The smallest absolute Gasteiger partial charge is 0.259 e. The SMILES string of the molecule is N#Cc1cc2c(-c3oc4cccc-4cc3N)c(C(N)=O)sc2nc1NCC(O)CO. The van der Waals surface area contributed by atoms with Gasteiger partial charge in [0.15, 0.2) is 5.76 Å². The highest BCUT2D eigenvalue weighted by atomic mass is 32.1. The number of aromatic nitrogens is 1. The van der Waals surface area contributed by atoms with Gasteiger partial charge in [-0.25, -0.2) is 4.98 Å². The van der Waals surface area contributed by atoms with Crippen LogP contribution in [0.2, 0.25) is 0 Å². The number of pyridine rings is 1. The Morgan fingerprint density at radius 3 is 2.90 bits per heavy atom. The molecule has 0 radical (unpaired) electrons. The average molecular weight is 423 g/mol. The molecule has 7 N–H and O–H groups in total. The summed E-state index contributed by atoms with van der Waals surface area (Å²) in [6, 6.07) is 10.8. The van der Waals surface area contributed by atoms with Crippen molar-refractivity contribution in [2.24, 2.45) is 5.73 Å². The standard InChI is InChI=1S/C20H17N5O4S/c21-6-10-4-12-15(16-13(22)5-9-2-1-3-14(9)29-16)17(18(23)28)30-20(12)25-19(10)24-7-11(27)8-26/h1-5,11,26-27H,7-8,22H2,(H2,23,28)(H,24,25). The van der Waals surface area contributed by atoms with E-state index in [0.29, 0.717) is 27.2 Å². The third-order valence-corrected chi connectivity index (χ3v) is 5.68. The number of nitrogens with one attached hydrogen (secondary N) is 1. The van der Waals surface area contributed by atoms with Gasteiger partial charge in [-0.05, 0) is 18.2 Å². The van der Waals surface area contributed by atoms with E-state index < -0.39 is 18.6 Å². The molecule has 0 aromatic carbocycles. The third kappa shape index (κ3) is 3.31. The van der Waals surface area contributed by atoms with Crippen molar-refractivity contribution in [1.82, 2.24) is 4.98 Å². The molecule has 1 unspecified atom stereocenters. The number of nitriles is 1. The molecule has 2 aliphatic rings. The van der Waals surface area contributed by atoms with E-state index in [0.717, 1.165) is 16.9 Å². The van der Waals surface area contributed by atoms with Crippen LogP contribution in [-0.4, -0.2) is 40.4 Å². The molecular weight excluding hydrogens is 406 g/mol. The Balaban J connectivity index is 1.94. The van der Waals surface area contributed by atoms with Gasteiger partial charge in [0.25, 0.3) is 5.91 Å². The molecule has 4 rings (SSSR count). The monoisotopic (exact) mass is 423 g/mol. The number of nitrogen functional groups attached to an aromatic ring is 1. The van der Waals surface area contributed by atoms with Gasteiger partial charge in [-0.1, -0.05) is 12.1 Å². The summed E-state index contributed by atoms with van der Waals surface area (Å²) in [6.07, 6.45) is -1.01. The van der Waals surface area contributed by atoms with Gasteiger partial charge in [0.1, 0.15) is 27.4 Å². The fourth-order valence-electron chi connectivity index (χ4n) is 3.15. The van der Waals surface area contributed by atoms with Crippen molar-refractivity contribution in [2.75, 3.05) is 24.2 Å². The summed E-state index contributed by atoms with van der Waals surface area (Å²) in [6.45, 7) is -0.433. The minimum atomic E-state index is -1.01. The van der Waals surface area contributed by atoms with Crippen LogP contribution in [0.25, 0.3) is 32.9 Å². The Morgan fingerprint density at radius 2 is 2.20 bits per heavy atom. The lowest BCUT2D eigenvalue weighted by atomic mass is 10.0. The molecule has 9 nitrogen and oxygen atoms in total. The molecule has 152 valence electrons. The van der Waals surface area contributed by atoms with Crippen LogP contribution in [0.1, 0.15) is 15.2 Å². The topological polar surface area (TPSA) is 171 Å². The van der Waals surface area contributed by atoms with Gasteiger partial charge in [0.2, 0.25) is 0 Å². The molecule has 3 heterocycles. The van der Waals surface area contributed by atoms with Crippen LogP contribution in [0.3, 0.4) is 0 Å². The van der Waals surface area contributed by atoms with Crippen LogP contribution in [0.4, 0.5) is 11.5 Å². The van der Waals surface area contributed by atoms with E-state index in [1.165, 1.54) is 0 Å². The zero-order valence-corrected chi connectivity index (χ0v) is 16.4. The maximum absolute atomic E-state index is 12.2. The molecule has 1 aliphatic heterocycles. The molecule has 2 aromatic rings. The highest BCUT2D eigenvalue weighted by Gasteiger charge is 2.25. The van der Waals surface area contributed by atoms with Gasteiger partial charge in [-0.3, -0.25) is 4.79 Å². The summed E-state index contributed by atoms with van der Waals surface area (Å²) in [5.41, 5.74) is 13.5. The van der Waals surface area contributed by atoms with Crippen molar-refractivity contribution in [3.8, 4) is 28.7 Å². The lowest BCUT2D eigenvalue weighted by Crippen LogP contribution is -2.23. The second kappa shape index (κ2) is 7.64. The number of hydrogen-bond acceptors (Lipinski definition) is 9. The number of amides is 1. The predicted octanol–water partition coefficient (Wildman–Crippen LogP) is 1.98. The summed E-state index contributed by atoms with van der Waals surface area (Å²) in [7, 11) is 0. The van der Waals surface area contributed by atoms with Crippen molar-refractivity contribution in [3.63, 3.8) is 0 Å². The first-order chi connectivity index (χ1) is 14.4. The number of hydrogen-bond donors (Lipinski definition) is 5. The maximum atomic E-state index is 12.2. The molecular formula is C20H17N5O4S. The van der Waals surface area contributed by atoms with Gasteiger partial charge in [-0.2, -0.15) is 5.26 Å². The summed E-state index contributed by atoms with van der Waals surface area (Å²) >= 11 is 1.05. The van der Waals surface area contributed by atoms with E-state index >= 15 is 0 Å². The fraction of sp³-hybridized carbons (Fsp3) is 0.150. The molecule has 0 saturated heterocycles. The van der Waals surface area contributed by atoms with Crippen LogP contribution in [0.5, 0.6) is 0 Å². The molecule has 30 heavy (non-hydrogen) atoms. The Hall–Kier alpha value is -3.65. The first kappa shape index (κ1) is 19.7. The number of fused-ring (bicyclic) bond motifs is 2. The van der Waals surface area contributed by atoms with E-state index in [1.807, 2.05) is 18.2 Å². The van der Waals surface area contributed by atoms with Crippen LogP contribution < -0.4 is 16.8 Å². The molecule has 2 aromatic heterocycles. The molecule has 1 aliphatic carbocycles. The molecule has 1 atom stereocenters. The summed E-state index contributed by atoms with van der Waals surface area (Å²) in [5, 5.41) is 31.4. The number of nitrogens with zero attached hydrogens (tertiary/aromatic N) is 2. The van der Waals surface area contributed by atoms with Crippen LogP contribution >= 0.6 is 11.3 Å². The Labute approximate surface area is 174 Å². The van der Waals surface area contributed by atoms with Gasteiger partial charge in [0.05, 0.1) is 29.5 Å². The quantitative estimate of drug-likeness (QED) is 0.313. The second-order valence-corrected chi connectivity index (χ2v) is 7.61. The number of carbonyl (C=O) groups is 1. The fourth-order valence-corrected chi connectivity index (χ4v) is 4.15. The summed E-state index contributed by atoms with van der Waals surface area (Å²) in [4.78, 5) is 17.2. The lowest BCUT2D eigenvalue weighted by Gasteiger charge is -2.11. The average Bonchev–Trinajstić information content (AvgIpc) is 3.33. The normalized spacial score (nSPS) is 12.2. The third-order valence-electron chi connectivity index (χ3n) is 4.56. The van der Waals surface area contributed by atoms with Crippen molar-refractivity contribution < 1.29 is 19.4 Å². The minimum absolute atomic E-state index is 0.000530. The largest absolute Gasteiger partial charge is 0.454 e. The van der Waals surface area contributed by atoms with E-state index in [2.05, 4.69) is 10.3 Å². The zero-order chi connectivity index (χ0) is 21.4. The molecule has 0 saturated carbocycles. The number of aliphatic hydroxyl groups is 2. The number of primary amides is 1. The van der Waals surface area contributed by atoms with Crippen LogP contribution in [-0.2, 0) is 0 Å². The molecule has 0 fully saturated rings. The number of aliphatic hydroxyl groups excluding tert-OH is 2. The summed E-state index contributed by atoms with van der Waals surface area (Å²) < 4.78 is 5.96. The van der Waals surface area contributed by atoms with E-state index in [-0.39, 0.29) is 28.6 Å². The molecule has 0 bridgehead atoms. The van der Waals surface area contributed by atoms with Gasteiger partial charge >= 0.3 is 0 Å². The highest BCUT2D eigenvalue weighted by Crippen LogP contribution is 2.43. The number of nitrogens with two attached hydrogens (primary N) is 2. The molecule has 0 spiro atoms. The first-order valence-corrected chi connectivity index (χ1v) is 9.73. The maximum Gasteiger partial charge on any atom is 0.259 e. The van der Waals surface area contributed by atoms with Gasteiger partial charge in [0, 0.05) is 17.5 Å². The van der Waals surface area contributed by atoms with Crippen LogP contribution in [0.15, 0.2) is 34.7 Å². The minimum Gasteiger partial charge on any atom is -0.454 e. The number of rotatable bonds is 6. The molecule has 10 heteroatoms. The van der Waals surface area contributed by atoms with Crippen molar-refractivity contribution in [1.29, 1.82) is 5.26 Å². The molecule has 1 amide bonds. The number of thiophene rings is 1. The van der Waals surface area contributed by atoms with Crippen molar-refractivity contribution in [2.45, 2.75) is 6.10 Å². The van der Waals surface area contributed by atoms with Crippen molar-refractivity contribution >= 4 is 39.0 Å². The number of anilines is 2. The summed E-state index contributed by atoms with van der Waals surface area (Å²) in [5.74, 6) is 0.418. The second-order valence-electron chi connectivity index (χ2n) is 6.61. The Bertz CT molecular complexity index is 1270. The Morgan fingerprint density at radius 1 is 1.40 bits per heavy atom. The van der Waals surface area contributed by atoms with Crippen molar-refractivity contribution in [3.05, 3.63) is 40.8 Å².